The van der Waals surface area contributed by atoms with E-state index in [1.165, 1.54) is 106 Å². The molecule has 0 spiro atoms. The van der Waals surface area contributed by atoms with Crippen molar-refractivity contribution in [1.29, 1.82) is 0 Å². The molecule has 2 fully saturated rings. The lowest BCUT2D eigenvalue weighted by molar-refractivity contribution is -0.122. The van der Waals surface area contributed by atoms with Crippen LogP contribution in [-0.4, -0.2) is 29.9 Å². The Bertz CT molecular complexity index is 2100. The quantitative estimate of drug-likeness (QED) is 0.0438. The highest BCUT2D eigenvalue weighted by atomic mass is 35.5. The molecular weight excluding hydrogens is 838 g/mol. The van der Waals surface area contributed by atoms with E-state index in [4.69, 9.17) is 46.4 Å². The molecular formula is C47H56Cl4N6O3. The molecule has 2 heterocycles. The van der Waals surface area contributed by atoms with E-state index in [-0.39, 0.29) is 39.9 Å². The number of nitrogens with zero attached hydrogens (tertiary/aromatic N) is 4. The first kappa shape index (κ1) is 45.8. The lowest BCUT2D eigenvalue weighted by Gasteiger charge is -2.22. The number of nitrogens with one attached hydrogen (secondary N) is 2. The standard InChI is InChI=1S/C47H56Cl4N6O3/c1-2-3-4-5-6-7-8-9-10-11-12-13-14-15-16-17-22-33-28-42(58)56(46(33)59)35-26-27-37(49)41(31-35)52-45-43(54-53-40-25-20-23-32-21-18-19-24-36(32)40)47(60)57(55-45)44-38(50)29-34(48)30-39(44)51/h18-21,23-27,29-31,33,43,45,52,55H,2-17,22,28H2,1H3/t33-,43-,45-/m1/s1. The first-order valence-corrected chi connectivity index (χ1v) is 23.2. The summed E-state index contributed by atoms with van der Waals surface area (Å²) < 4.78 is 0. The predicted molar refractivity (Wildman–Crippen MR) is 248 cm³/mol. The Morgan fingerprint density at radius 2 is 1.28 bits per heavy atom. The molecule has 2 N–H and O–H groups in total. The molecule has 3 amide bonds. The number of carbonyl (C=O) groups is 3. The second-order valence-corrected chi connectivity index (χ2v) is 17.7. The summed E-state index contributed by atoms with van der Waals surface area (Å²) in [5.74, 6) is -1.30. The van der Waals surface area contributed by atoms with Crippen LogP contribution in [0.1, 0.15) is 122 Å². The lowest BCUT2D eigenvalue weighted by atomic mass is 9.98. The van der Waals surface area contributed by atoms with Gasteiger partial charge in [-0.15, -0.1) is 0 Å². The van der Waals surface area contributed by atoms with Crippen molar-refractivity contribution in [1.82, 2.24) is 5.43 Å². The van der Waals surface area contributed by atoms with Crippen LogP contribution in [0.2, 0.25) is 20.1 Å². The molecule has 320 valence electrons. The van der Waals surface area contributed by atoms with E-state index in [1.54, 1.807) is 18.2 Å². The summed E-state index contributed by atoms with van der Waals surface area (Å²) in [4.78, 5) is 42.4. The van der Waals surface area contributed by atoms with Crippen molar-refractivity contribution < 1.29 is 14.4 Å². The zero-order valence-corrected chi connectivity index (χ0v) is 37.4. The largest absolute Gasteiger partial charge is 0.365 e. The Morgan fingerprint density at radius 3 is 1.93 bits per heavy atom. The van der Waals surface area contributed by atoms with Crippen LogP contribution in [0.4, 0.5) is 22.7 Å². The number of hydrazine groups is 1. The van der Waals surface area contributed by atoms with E-state index < -0.39 is 18.1 Å². The summed E-state index contributed by atoms with van der Waals surface area (Å²) in [6.07, 6.45) is 20.5. The zero-order chi connectivity index (χ0) is 42.4. The summed E-state index contributed by atoms with van der Waals surface area (Å²) in [5, 5.41) is 16.3. The molecule has 0 bridgehead atoms. The van der Waals surface area contributed by atoms with Crippen molar-refractivity contribution in [3.8, 4) is 0 Å². The van der Waals surface area contributed by atoms with E-state index in [0.717, 1.165) is 30.0 Å². The van der Waals surface area contributed by atoms with Gasteiger partial charge in [0.1, 0.15) is 6.17 Å². The molecule has 0 unspecified atom stereocenters. The number of imide groups is 1. The van der Waals surface area contributed by atoms with Gasteiger partial charge in [-0.05, 0) is 48.2 Å². The Hall–Kier alpha value is -3.73. The molecule has 3 atom stereocenters. The average Bonchev–Trinajstić information content (AvgIpc) is 3.69. The predicted octanol–water partition coefficient (Wildman–Crippen LogP) is 14.4. The van der Waals surface area contributed by atoms with Crippen molar-refractivity contribution in [2.75, 3.05) is 15.2 Å². The molecule has 60 heavy (non-hydrogen) atoms. The second kappa shape index (κ2) is 22.9. The van der Waals surface area contributed by atoms with Crippen molar-refractivity contribution in [3.63, 3.8) is 0 Å². The molecule has 2 aliphatic rings. The minimum atomic E-state index is -1.12. The van der Waals surface area contributed by atoms with Crippen LogP contribution in [-0.2, 0) is 14.4 Å². The van der Waals surface area contributed by atoms with Gasteiger partial charge >= 0.3 is 0 Å². The summed E-state index contributed by atoms with van der Waals surface area (Å²) in [6, 6.07) is 20.2. The number of fused-ring (bicyclic) bond motifs is 1. The lowest BCUT2D eigenvalue weighted by Crippen LogP contribution is -2.42. The van der Waals surface area contributed by atoms with E-state index in [1.807, 2.05) is 42.5 Å². The Kier molecular flexibility index (Phi) is 17.5. The number of hydrogen-bond donors (Lipinski definition) is 2. The summed E-state index contributed by atoms with van der Waals surface area (Å²) in [6.45, 7) is 2.27. The molecule has 9 nitrogen and oxygen atoms in total. The van der Waals surface area contributed by atoms with E-state index in [2.05, 4.69) is 27.9 Å². The number of carbonyl (C=O) groups excluding carboxylic acids is 3. The van der Waals surface area contributed by atoms with Gasteiger partial charge in [0, 0.05) is 22.7 Å². The van der Waals surface area contributed by atoms with Crippen LogP contribution in [0.5, 0.6) is 0 Å². The highest BCUT2D eigenvalue weighted by Gasteiger charge is 2.44. The molecule has 0 aliphatic carbocycles. The van der Waals surface area contributed by atoms with Crippen molar-refractivity contribution in [3.05, 3.63) is 92.9 Å². The number of amides is 3. The van der Waals surface area contributed by atoms with Gasteiger partial charge < -0.3 is 5.32 Å². The van der Waals surface area contributed by atoms with E-state index >= 15 is 0 Å². The molecule has 2 saturated heterocycles. The van der Waals surface area contributed by atoms with Crippen LogP contribution in [0.15, 0.2) is 83.0 Å². The molecule has 6 rings (SSSR count). The fourth-order valence-corrected chi connectivity index (χ4v) is 9.34. The van der Waals surface area contributed by atoms with Gasteiger partial charge in [-0.3, -0.25) is 19.3 Å². The molecule has 0 saturated carbocycles. The first-order valence-electron chi connectivity index (χ1n) is 21.7. The molecule has 2 aliphatic heterocycles. The van der Waals surface area contributed by atoms with E-state index in [0.29, 0.717) is 33.5 Å². The molecule has 13 heteroatoms. The van der Waals surface area contributed by atoms with Crippen molar-refractivity contribution >= 4 is 97.6 Å². The SMILES string of the molecule is CCCCCCCCCCCCCCCCCC[C@@H]1CC(=O)N(c2ccc(Cl)c(N[C@@H]3NN(c4c(Cl)cc(Cl)cc4Cl)C(=O)[C@@H]3N=Nc3cccc4ccccc34)c2)C1=O. The Morgan fingerprint density at radius 1 is 0.683 bits per heavy atom. The van der Waals surface area contributed by atoms with Gasteiger partial charge in [0.15, 0.2) is 6.04 Å². The van der Waals surface area contributed by atoms with Gasteiger partial charge in [-0.2, -0.15) is 10.2 Å². The molecule has 4 aromatic rings. The van der Waals surface area contributed by atoms with Gasteiger partial charge in [0.25, 0.3) is 5.91 Å². The molecule has 4 aromatic carbocycles. The van der Waals surface area contributed by atoms with Crippen LogP contribution >= 0.6 is 46.4 Å². The third kappa shape index (κ3) is 12.0. The fourth-order valence-electron chi connectivity index (χ4n) is 8.18. The number of rotatable bonds is 23. The van der Waals surface area contributed by atoms with Gasteiger partial charge in [0.2, 0.25) is 11.8 Å². The number of halogens is 4. The highest BCUT2D eigenvalue weighted by molar-refractivity contribution is 6.42. The van der Waals surface area contributed by atoms with Crippen molar-refractivity contribution in [2.45, 2.75) is 135 Å². The number of hydrogen-bond acceptors (Lipinski definition) is 7. The number of benzene rings is 4. The minimum absolute atomic E-state index is 0.152. The maximum Gasteiger partial charge on any atom is 0.271 e. The van der Waals surface area contributed by atoms with Crippen LogP contribution < -0.4 is 20.7 Å². The van der Waals surface area contributed by atoms with Crippen LogP contribution in [0, 0.1) is 5.92 Å². The molecule has 0 radical (unpaired) electrons. The van der Waals surface area contributed by atoms with E-state index in [9.17, 15) is 14.4 Å². The van der Waals surface area contributed by atoms with Gasteiger partial charge in [0.05, 0.1) is 37.8 Å². The number of anilines is 3. The summed E-state index contributed by atoms with van der Waals surface area (Å²) >= 11 is 26.0. The maximum absolute atomic E-state index is 14.1. The smallest absolute Gasteiger partial charge is 0.271 e. The molecule has 0 aromatic heterocycles. The summed E-state index contributed by atoms with van der Waals surface area (Å²) in [7, 11) is 0. The monoisotopic (exact) mass is 892 g/mol. The van der Waals surface area contributed by atoms with Crippen LogP contribution in [0.25, 0.3) is 10.8 Å². The topological polar surface area (TPSA) is 106 Å². The second-order valence-electron chi connectivity index (χ2n) is 16.0. The number of azo groups is 1. The average molecular weight is 895 g/mol. The number of unbranched alkanes of at least 4 members (excludes halogenated alkanes) is 15. The third-order valence-electron chi connectivity index (χ3n) is 11.5. The van der Waals surface area contributed by atoms with Crippen LogP contribution in [0.3, 0.4) is 0 Å². The zero-order valence-electron chi connectivity index (χ0n) is 34.4. The third-order valence-corrected chi connectivity index (χ3v) is 12.6. The van der Waals surface area contributed by atoms with Gasteiger partial charge in [-0.1, -0.05) is 192 Å². The highest BCUT2D eigenvalue weighted by Crippen LogP contribution is 2.40. The van der Waals surface area contributed by atoms with Crippen molar-refractivity contribution in [2.24, 2.45) is 16.1 Å². The maximum atomic E-state index is 14.1. The Labute approximate surface area is 374 Å². The summed E-state index contributed by atoms with van der Waals surface area (Å²) in [5.41, 5.74) is 4.69. The normalized spacial score (nSPS) is 18.2. The Balaban J connectivity index is 1.05. The fraction of sp³-hybridized carbons (Fsp3) is 0.468. The minimum Gasteiger partial charge on any atom is -0.365 e. The first-order chi connectivity index (χ1) is 29.2. The van der Waals surface area contributed by atoms with Gasteiger partial charge in [-0.25, -0.2) is 10.4 Å².